The van der Waals surface area contributed by atoms with Crippen molar-refractivity contribution in [1.82, 2.24) is 0 Å². The first kappa shape index (κ1) is 15.3. The molecule has 0 aliphatic carbocycles. The molecule has 0 saturated heterocycles. The van der Waals surface area contributed by atoms with Crippen molar-refractivity contribution in [3.63, 3.8) is 0 Å². The fraction of sp³-hybridized carbons (Fsp3) is 0.188. The van der Waals surface area contributed by atoms with Crippen molar-refractivity contribution in [3.8, 4) is 11.5 Å². The van der Waals surface area contributed by atoms with E-state index in [4.69, 9.17) is 27.4 Å². The molecule has 0 heterocycles. The summed E-state index contributed by atoms with van der Waals surface area (Å²) in [7, 11) is 0. The monoisotopic (exact) mass is 305 g/mol. The molecule has 0 atom stereocenters. The Bertz CT molecular complexity index is 601. The number of hydrogen-bond donors (Lipinski definition) is 1. The lowest BCUT2D eigenvalue weighted by Crippen LogP contribution is -2.11. The Hall–Kier alpha value is -2.14. The quantitative estimate of drug-likeness (QED) is 0.630. The first-order chi connectivity index (χ1) is 10.1. The summed E-state index contributed by atoms with van der Waals surface area (Å²) in [4.78, 5) is 0.460. The minimum Gasteiger partial charge on any atom is -0.490 e. The minimum atomic E-state index is -0.375. The molecule has 5 heteroatoms. The second-order valence-corrected chi connectivity index (χ2v) is 4.94. The zero-order valence-corrected chi connectivity index (χ0v) is 12.2. The standard InChI is InChI=1S/C16H16FNO2S/c17-14-3-1-2-4-15(14)20-10-9-19-13-7-5-12(6-8-13)11-16(18)21/h1-8H,9-11H2,(H2,18,21). The number of ether oxygens (including phenoxy) is 2. The van der Waals surface area contributed by atoms with Crippen LogP contribution in [-0.2, 0) is 6.42 Å². The summed E-state index contributed by atoms with van der Waals surface area (Å²) in [5.41, 5.74) is 6.52. The van der Waals surface area contributed by atoms with Crippen LogP contribution in [-0.4, -0.2) is 18.2 Å². The summed E-state index contributed by atoms with van der Waals surface area (Å²) in [6, 6.07) is 13.8. The molecule has 110 valence electrons. The van der Waals surface area contributed by atoms with Gasteiger partial charge in [-0.3, -0.25) is 0 Å². The molecule has 0 spiro atoms. The minimum absolute atomic E-state index is 0.230. The van der Waals surface area contributed by atoms with E-state index in [-0.39, 0.29) is 18.2 Å². The van der Waals surface area contributed by atoms with Gasteiger partial charge in [-0.15, -0.1) is 0 Å². The predicted molar refractivity (Wildman–Crippen MR) is 84.3 cm³/mol. The molecule has 0 aliphatic heterocycles. The van der Waals surface area contributed by atoms with Gasteiger partial charge in [0.1, 0.15) is 19.0 Å². The number of benzene rings is 2. The van der Waals surface area contributed by atoms with Crippen molar-refractivity contribution in [3.05, 3.63) is 59.9 Å². The largest absolute Gasteiger partial charge is 0.490 e. The van der Waals surface area contributed by atoms with Gasteiger partial charge in [0, 0.05) is 6.42 Å². The van der Waals surface area contributed by atoms with Gasteiger partial charge in [0.15, 0.2) is 11.6 Å². The molecule has 2 N–H and O–H groups in total. The van der Waals surface area contributed by atoms with Crippen LogP contribution in [0.2, 0.25) is 0 Å². The molecule has 3 nitrogen and oxygen atoms in total. The highest BCUT2D eigenvalue weighted by Crippen LogP contribution is 2.16. The van der Waals surface area contributed by atoms with E-state index >= 15 is 0 Å². The molecule has 0 fully saturated rings. The fourth-order valence-corrected chi connectivity index (χ4v) is 1.94. The Morgan fingerprint density at radius 3 is 2.33 bits per heavy atom. The van der Waals surface area contributed by atoms with Crippen LogP contribution in [0.1, 0.15) is 5.56 Å². The first-order valence-corrected chi connectivity index (χ1v) is 6.93. The Morgan fingerprint density at radius 2 is 1.67 bits per heavy atom. The van der Waals surface area contributed by atoms with Crippen LogP contribution in [0, 0.1) is 5.82 Å². The van der Waals surface area contributed by atoms with Crippen molar-refractivity contribution in [2.75, 3.05) is 13.2 Å². The Kier molecular flexibility index (Phi) is 5.51. The van der Waals surface area contributed by atoms with Gasteiger partial charge in [0.25, 0.3) is 0 Å². The van der Waals surface area contributed by atoms with E-state index in [1.807, 2.05) is 24.3 Å². The van der Waals surface area contributed by atoms with E-state index in [2.05, 4.69) is 0 Å². The van der Waals surface area contributed by atoms with E-state index in [9.17, 15) is 4.39 Å². The van der Waals surface area contributed by atoms with Crippen molar-refractivity contribution >= 4 is 17.2 Å². The van der Waals surface area contributed by atoms with Crippen LogP contribution >= 0.6 is 12.2 Å². The average Bonchev–Trinajstić information content (AvgIpc) is 2.46. The maximum absolute atomic E-state index is 13.3. The van der Waals surface area contributed by atoms with Crippen molar-refractivity contribution in [2.45, 2.75) is 6.42 Å². The van der Waals surface area contributed by atoms with E-state index < -0.39 is 0 Å². The number of nitrogens with two attached hydrogens (primary N) is 1. The van der Waals surface area contributed by atoms with Gasteiger partial charge in [-0.1, -0.05) is 36.5 Å². The van der Waals surface area contributed by atoms with Crippen LogP contribution in [0.15, 0.2) is 48.5 Å². The van der Waals surface area contributed by atoms with E-state index in [1.54, 1.807) is 18.2 Å². The third kappa shape index (κ3) is 5.04. The lowest BCUT2D eigenvalue weighted by Gasteiger charge is -2.09. The number of para-hydroxylation sites is 1. The maximum Gasteiger partial charge on any atom is 0.165 e. The van der Waals surface area contributed by atoms with Crippen LogP contribution in [0.25, 0.3) is 0 Å². The lowest BCUT2D eigenvalue weighted by atomic mass is 10.1. The molecule has 0 saturated carbocycles. The molecular weight excluding hydrogens is 289 g/mol. The summed E-state index contributed by atoms with van der Waals surface area (Å²) in [6.45, 7) is 0.610. The Balaban J connectivity index is 1.76. The van der Waals surface area contributed by atoms with Crippen LogP contribution in [0.5, 0.6) is 11.5 Å². The molecule has 0 radical (unpaired) electrons. The highest BCUT2D eigenvalue weighted by atomic mass is 32.1. The van der Waals surface area contributed by atoms with Gasteiger partial charge >= 0.3 is 0 Å². The summed E-state index contributed by atoms with van der Waals surface area (Å²) in [5.74, 6) is 0.575. The first-order valence-electron chi connectivity index (χ1n) is 6.52. The average molecular weight is 305 g/mol. The third-order valence-corrected chi connectivity index (χ3v) is 2.89. The molecule has 0 bridgehead atoms. The zero-order chi connectivity index (χ0) is 15.1. The summed E-state index contributed by atoms with van der Waals surface area (Å²) >= 11 is 4.85. The van der Waals surface area contributed by atoms with E-state index in [1.165, 1.54) is 6.07 Å². The lowest BCUT2D eigenvalue weighted by molar-refractivity contribution is 0.211. The fourth-order valence-electron chi connectivity index (χ4n) is 1.78. The van der Waals surface area contributed by atoms with E-state index in [0.29, 0.717) is 18.0 Å². The van der Waals surface area contributed by atoms with Gasteiger partial charge in [-0.2, -0.15) is 0 Å². The molecular formula is C16H16FNO2S. The number of rotatable bonds is 7. The molecule has 21 heavy (non-hydrogen) atoms. The number of halogens is 1. The number of thiocarbonyl (C=S) groups is 1. The van der Waals surface area contributed by atoms with Crippen molar-refractivity contribution in [2.24, 2.45) is 5.73 Å². The SMILES string of the molecule is NC(=S)Cc1ccc(OCCOc2ccccc2F)cc1. The Labute approximate surface area is 128 Å². The summed E-state index contributed by atoms with van der Waals surface area (Å²) in [6.07, 6.45) is 0.575. The van der Waals surface area contributed by atoms with Gasteiger partial charge < -0.3 is 15.2 Å². The molecule has 0 unspecified atom stereocenters. The second-order valence-electron chi connectivity index (χ2n) is 4.41. The molecule has 0 amide bonds. The molecule has 0 aliphatic rings. The topological polar surface area (TPSA) is 44.5 Å². The molecule has 2 rings (SSSR count). The van der Waals surface area contributed by atoms with Gasteiger partial charge in [-0.25, -0.2) is 4.39 Å². The maximum atomic E-state index is 13.3. The number of hydrogen-bond acceptors (Lipinski definition) is 3. The zero-order valence-electron chi connectivity index (χ0n) is 11.4. The van der Waals surface area contributed by atoms with Crippen LogP contribution in [0.4, 0.5) is 4.39 Å². The smallest absolute Gasteiger partial charge is 0.165 e. The normalized spacial score (nSPS) is 10.1. The second kappa shape index (κ2) is 7.59. The van der Waals surface area contributed by atoms with Gasteiger partial charge in [0.05, 0.1) is 4.99 Å². The van der Waals surface area contributed by atoms with Crippen LogP contribution in [0.3, 0.4) is 0 Å². The van der Waals surface area contributed by atoms with Gasteiger partial charge in [0.2, 0.25) is 0 Å². The summed E-state index contributed by atoms with van der Waals surface area (Å²) in [5, 5.41) is 0. The van der Waals surface area contributed by atoms with Gasteiger partial charge in [-0.05, 0) is 29.8 Å². The molecule has 2 aromatic carbocycles. The van der Waals surface area contributed by atoms with Crippen molar-refractivity contribution < 1.29 is 13.9 Å². The highest BCUT2D eigenvalue weighted by Gasteiger charge is 2.01. The molecule has 2 aromatic rings. The molecule has 0 aromatic heterocycles. The highest BCUT2D eigenvalue weighted by molar-refractivity contribution is 7.80. The predicted octanol–water partition coefficient (Wildman–Crippen LogP) is 3.11. The van der Waals surface area contributed by atoms with Crippen molar-refractivity contribution in [1.29, 1.82) is 0 Å². The summed E-state index contributed by atoms with van der Waals surface area (Å²) < 4.78 is 24.1. The van der Waals surface area contributed by atoms with E-state index in [0.717, 1.165) is 11.3 Å². The van der Waals surface area contributed by atoms with Crippen LogP contribution < -0.4 is 15.2 Å². The Morgan fingerprint density at radius 1 is 1.00 bits per heavy atom. The third-order valence-electron chi connectivity index (χ3n) is 2.75.